The van der Waals surface area contributed by atoms with Crippen LogP contribution in [0, 0.1) is 9.49 Å². The van der Waals surface area contributed by atoms with Gasteiger partial charge < -0.3 is 9.47 Å². The molecule has 0 spiro atoms. The number of esters is 1. The molecule has 26 heavy (non-hydrogen) atoms. The van der Waals surface area contributed by atoms with E-state index >= 15 is 0 Å². The van der Waals surface area contributed by atoms with Crippen LogP contribution in [0.15, 0.2) is 40.5 Å². The number of carbonyl (C=O) groups is 2. The Morgan fingerprint density at radius 3 is 2.85 bits per heavy atom. The number of hydrogen-bond donors (Lipinski definition) is 0. The molecule has 1 aliphatic heterocycles. The van der Waals surface area contributed by atoms with Crippen LogP contribution in [0.1, 0.15) is 37.7 Å². The fourth-order valence-corrected chi connectivity index (χ4v) is 4.25. The number of Topliss-reactive ketones (excluding diaryl/α,β-unsaturated/α-hetero) is 1. The Morgan fingerprint density at radius 1 is 1.31 bits per heavy atom. The lowest BCUT2D eigenvalue weighted by Crippen LogP contribution is -2.37. The van der Waals surface area contributed by atoms with Gasteiger partial charge in [0.1, 0.15) is 12.5 Å². The molecular formula is C20H22INO4. The lowest BCUT2D eigenvalue weighted by Gasteiger charge is -2.34. The molecule has 1 heterocycles. The van der Waals surface area contributed by atoms with Crippen LogP contribution in [-0.4, -0.2) is 37.8 Å². The Kier molecular flexibility index (Phi) is 6.24. The Morgan fingerprint density at radius 2 is 2.12 bits per heavy atom. The highest BCUT2D eigenvalue weighted by molar-refractivity contribution is 14.1. The highest BCUT2D eigenvalue weighted by atomic mass is 127. The van der Waals surface area contributed by atoms with Crippen LogP contribution in [0.2, 0.25) is 0 Å². The summed E-state index contributed by atoms with van der Waals surface area (Å²) in [5.41, 5.74) is 3.20. The van der Waals surface area contributed by atoms with E-state index in [1.54, 1.807) is 7.11 Å². The molecule has 2 atom stereocenters. The third-order valence-electron chi connectivity index (χ3n) is 4.83. The van der Waals surface area contributed by atoms with Gasteiger partial charge in [0.25, 0.3) is 0 Å². The number of allylic oxidation sites excluding steroid dienone is 2. The van der Waals surface area contributed by atoms with Gasteiger partial charge in [-0.1, -0.05) is 12.1 Å². The van der Waals surface area contributed by atoms with Gasteiger partial charge >= 0.3 is 5.97 Å². The van der Waals surface area contributed by atoms with Crippen molar-refractivity contribution in [2.45, 2.75) is 32.1 Å². The van der Waals surface area contributed by atoms with Crippen molar-refractivity contribution in [2.75, 3.05) is 20.3 Å². The summed E-state index contributed by atoms with van der Waals surface area (Å²) in [4.78, 5) is 30.2. The number of ether oxygens (including phenoxy) is 2. The molecule has 0 N–H and O–H groups in total. The zero-order valence-electron chi connectivity index (χ0n) is 15.0. The number of aliphatic imine (C=N–C) groups is 1. The van der Waals surface area contributed by atoms with Gasteiger partial charge in [0.05, 0.1) is 6.61 Å². The average molecular weight is 467 g/mol. The molecule has 0 fully saturated rings. The van der Waals surface area contributed by atoms with Crippen LogP contribution >= 0.6 is 22.6 Å². The average Bonchev–Trinajstić information content (AvgIpc) is 2.61. The van der Waals surface area contributed by atoms with E-state index in [2.05, 4.69) is 27.6 Å². The minimum Gasteiger partial charge on any atom is -0.463 e. The number of carbonyl (C=O) groups excluding carboxylic acids is 2. The highest BCUT2D eigenvalue weighted by Gasteiger charge is 2.43. The molecule has 2 aliphatic rings. The Bertz CT molecular complexity index is 784. The fraction of sp³-hybridized carbons (Fsp3) is 0.450. The van der Waals surface area contributed by atoms with E-state index in [-0.39, 0.29) is 24.3 Å². The molecule has 1 aromatic rings. The minimum atomic E-state index is -0.578. The Balaban J connectivity index is 2.04. The van der Waals surface area contributed by atoms with E-state index in [0.29, 0.717) is 24.3 Å². The number of ketones is 1. The van der Waals surface area contributed by atoms with Crippen molar-refractivity contribution < 1.29 is 19.1 Å². The lowest BCUT2D eigenvalue weighted by atomic mass is 9.72. The summed E-state index contributed by atoms with van der Waals surface area (Å²) < 4.78 is 11.4. The third-order valence-corrected chi connectivity index (χ3v) is 5.50. The first-order valence-electron chi connectivity index (χ1n) is 8.75. The summed E-state index contributed by atoms with van der Waals surface area (Å²) in [6, 6.07) is 7.97. The van der Waals surface area contributed by atoms with Crippen LogP contribution in [-0.2, 0) is 19.1 Å². The zero-order valence-corrected chi connectivity index (χ0v) is 17.1. The van der Waals surface area contributed by atoms with Crippen LogP contribution in [0.3, 0.4) is 0 Å². The monoisotopic (exact) mass is 467 g/mol. The van der Waals surface area contributed by atoms with Crippen molar-refractivity contribution in [3.8, 4) is 0 Å². The predicted molar refractivity (Wildman–Crippen MR) is 107 cm³/mol. The molecule has 1 unspecified atom stereocenters. The second-order valence-corrected chi connectivity index (χ2v) is 7.81. The van der Waals surface area contributed by atoms with Crippen LogP contribution in [0.25, 0.3) is 0 Å². The summed E-state index contributed by atoms with van der Waals surface area (Å²) in [7, 11) is 1.56. The van der Waals surface area contributed by atoms with Crippen molar-refractivity contribution in [3.05, 3.63) is 44.7 Å². The molecule has 0 bridgehead atoms. The normalized spacial score (nSPS) is 22.7. The zero-order chi connectivity index (χ0) is 18.7. The van der Waals surface area contributed by atoms with Gasteiger partial charge in [-0.15, -0.1) is 0 Å². The maximum absolute atomic E-state index is 12.8. The summed E-state index contributed by atoms with van der Waals surface area (Å²) in [6.07, 6.45) is 2.11. The summed E-state index contributed by atoms with van der Waals surface area (Å²) in [5, 5.41) is 0. The van der Waals surface area contributed by atoms with Gasteiger partial charge in [-0.25, -0.2) is 0 Å². The topological polar surface area (TPSA) is 65.0 Å². The van der Waals surface area contributed by atoms with Crippen LogP contribution in [0.5, 0.6) is 0 Å². The van der Waals surface area contributed by atoms with E-state index < -0.39 is 5.92 Å². The van der Waals surface area contributed by atoms with Crippen molar-refractivity contribution >= 4 is 40.1 Å². The van der Waals surface area contributed by atoms with Crippen molar-refractivity contribution in [3.63, 3.8) is 0 Å². The summed E-state index contributed by atoms with van der Waals surface area (Å²) >= 11 is 2.25. The largest absolute Gasteiger partial charge is 0.463 e. The molecule has 138 valence electrons. The molecule has 1 aliphatic carbocycles. The quantitative estimate of drug-likeness (QED) is 0.377. The predicted octanol–water partition coefficient (Wildman–Crippen LogP) is 3.66. The maximum Gasteiger partial charge on any atom is 0.315 e. The van der Waals surface area contributed by atoms with Gasteiger partial charge in [-0.2, -0.15) is 0 Å². The number of methoxy groups -OCH3 is 1. The molecule has 0 saturated heterocycles. The first-order chi connectivity index (χ1) is 12.5. The summed E-state index contributed by atoms with van der Waals surface area (Å²) in [6.45, 7) is 2.39. The third kappa shape index (κ3) is 3.91. The van der Waals surface area contributed by atoms with E-state index in [1.165, 1.54) is 0 Å². The van der Waals surface area contributed by atoms with Gasteiger partial charge in [-0.05, 0) is 60.1 Å². The molecular weight excluding hydrogens is 445 g/mol. The Labute approximate surface area is 167 Å². The first kappa shape index (κ1) is 19.2. The van der Waals surface area contributed by atoms with E-state index in [4.69, 9.17) is 9.47 Å². The molecule has 0 amide bonds. The number of halogens is 1. The highest BCUT2D eigenvalue weighted by Crippen LogP contribution is 2.43. The van der Waals surface area contributed by atoms with E-state index in [1.807, 2.05) is 31.2 Å². The first-order valence-corrected chi connectivity index (χ1v) is 9.83. The molecule has 0 radical (unpaired) electrons. The molecule has 0 saturated carbocycles. The molecule has 5 nitrogen and oxygen atoms in total. The van der Waals surface area contributed by atoms with Gasteiger partial charge in [0.15, 0.2) is 5.78 Å². The Hall–Kier alpha value is -1.54. The van der Waals surface area contributed by atoms with Crippen molar-refractivity contribution in [1.82, 2.24) is 0 Å². The molecule has 6 heteroatoms. The number of rotatable bonds is 5. The number of hydrogen-bond acceptors (Lipinski definition) is 5. The van der Waals surface area contributed by atoms with E-state index in [0.717, 1.165) is 27.7 Å². The second kappa shape index (κ2) is 8.43. The van der Waals surface area contributed by atoms with Crippen molar-refractivity contribution in [2.24, 2.45) is 10.9 Å². The van der Waals surface area contributed by atoms with Crippen molar-refractivity contribution in [1.29, 1.82) is 0 Å². The van der Waals surface area contributed by atoms with Crippen LogP contribution in [0.4, 0.5) is 0 Å². The van der Waals surface area contributed by atoms with Crippen LogP contribution < -0.4 is 0 Å². The SMILES string of the molecule is COCCOC(=O)C1C(C)=NC2=C(C(=O)CCC2)[C@@H]1c1cccc(I)c1. The maximum atomic E-state index is 12.8. The van der Waals surface area contributed by atoms with Gasteiger partial charge in [0.2, 0.25) is 0 Å². The molecule has 1 aromatic carbocycles. The van der Waals surface area contributed by atoms with Gasteiger partial charge in [0, 0.05) is 40.0 Å². The lowest BCUT2D eigenvalue weighted by molar-refractivity contribution is -0.147. The number of benzene rings is 1. The number of nitrogens with zero attached hydrogens (tertiary/aromatic N) is 1. The smallest absolute Gasteiger partial charge is 0.315 e. The fourth-order valence-electron chi connectivity index (χ4n) is 3.69. The standard InChI is InChI=1S/C20H22INO4/c1-12-17(20(24)26-10-9-25-2)18(13-5-3-6-14(21)11-13)19-15(22-12)7-4-8-16(19)23/h3,5-6,11,17-18H,4,7-10H2,1-2H3/t17?,18-/m1/s1. The summed E-state index contributed by atoms with van der Waals surface area (Å²) in [5.74, 6) is -1.16. The van der Waals surface area contributed by atoms with Gasteiger partial charge in [-0.3, -0.25) is 14.6 Å². The van der Waals surface area contributed by atoms with E-state index in [9.17, 15) is 9.59 Å². The minimum absolute atomic E-state index is 0.0982. The molecule has 0 aromatic heterocycles. The second-order valence-electron chi connectivity index (χ2n) is 6.56. The molecule has 3 rings (SSSR count).